The van der Waals surface area contributed by atoms with Gasteiger partial charge in [0.1, 0.15) is 0 Å². The van der Waals surface area contributed by atoms with E-state index < -0.39 is 0 Å². The molecule has 11 rings (SSSR count). The van der Waals surface area contributed by atoms with E-state index in [1.165, 1.54) is 122 Å². The Labute approximate surface area is 257 Å². The van der Waals surface area contributed by atoms with Crippen molar-refractivity contribution in [2.24, 2.45) is 34.5 Å². The number of benzene rings is 2. The van der Waals surface area contributed by atoms with Crippen LogP contribution in [0.15, 0.2) is 48.5 Å². The van der Waals surface area contributed by atoms with Crippen LogP contribution in [0.4, 0.5) is 0 Å². The zero-order valence-corrected chi connectivity index (χ0v) is 27.1. The van der Waals surface area contributed by atoms with E-state index in [1.807, 2.05) is 0 Å². The van der Waals surface area contributed by atoms with Gasteiger partial charge in [0, 0.05) is 0 Å². The van der Waals surface area contributed by atoms with E-state index in [1.54, 1.807) is 28.7 Å². The standard InChI is InChI=1S/C42H58/c1-3-5-7-9-11-13-15-31-16-20-33(21-17-31)39-25-36-35-24-40(34-22-18-32(19-23-34)14-12-10-8-6-4-2)28-41(36)30-42(29-40,37(35)26-39)38(41)27-39/h16-23,35-38H,3-15,24-30H2,1-2H3/t35?,36-,37-,38?,39?,40?,41?,42?/m1/s1. The summed E-state index contributed by atoms with van der Waals surface area (Å²) < 4.78 is 0. The fraction of sp³-hybridized carbons (Fsp3) is 0.714. The molecule has 0 heterocycles. The topological polar surface area (TPSA) is 0 Å². The van der Waals surface area contributed by atoms with Crippen LogP contribution in [-0.2, 0) is 23.7 Å². The Bertz CT molecular complexity index is 1200. The molecule has 2 aromatic rings. The molecule has 4 atom stereocenters. The largest absolute Gasteiger partial charge is 0.0654 e. The highest BCUT2D eigenvalue weighted by molar-refractivity contribution is 5.46. The maximum absolute atomic E-state index is 2.61. The second-order valence-corrected chi connectivity index (χ2v) is 16.9. The summed E-state index contributed by atoms with van der Waals surface area (Å²) in [5.74, 6) is 4.11. The summed E-state index contributed by atoms with van der Waals surface area (Å²) in [6.45, 7) is 4.63. The number of unbranched alkanes of at least 4 members (excludes halogenated alkanes) is 9. The molecule has 0 heteroatoms. The van der Waals surface area contributed by atoms with Crippen LogP contribution in [0.1, 0.15) is 152 Å². The number of rotatable bonds is 15. The zero-order chi connectivity index (χ0) is 28.4. The monoisotopic (exact) mass is 562 g/mol. The molecule has 2 unspecified atom stereocenters. The lowest BCUT2D eigenvalue weighted by molar-refractivity contribution is -0.398. The second kappa shape index (κ2) is 10.5. The average molecular weight is 563 g/mol. The van der Waals surface area contributed by atoms with Crippen LogP contribution in [0.2, 0.25) is 0 Å². The van der Waals surface area contributed by atoms with Gasteiger partial charge in [-0.1, -0.05) is 120 Å². The third kappa shape index (κ3) is 4.04. The fourth-order valence-electron chi connectivity index (χ4n) is 13.4. The van der Waals surface area contributed by atoms with Crippen LogP contribution in [0.25, 0.3) is 0 Å². The predicted octanol–water partition coefficient (Wildman–Crippen LogP) is 11.5. The molecule has 0 aromatic heterocycles. The minimum atomic E-state index is 0.513. The number of hydrogen-bond donors (Lipinski definition) is 0. The van der Waals surface area contributed by atoms with Crippen LogP contribution in [-0.4, -0.2) is 0 Å². The molecule has 2 aromatic carbocycles. The Balaban J connectivity index is 0.948. The minimum Gasteiger partial charge on any atom is -0.0654 e. The van der Waals surface area contributed by atoms with Crippen LogP contribution in [0.3, 0.4) is 0 Å². The molecule has 9 saturated carbocycles. The van der Waals surface area contributed by atoms with E-state index in [2.05, 4.69) is 62.4 Å². The Morgan fingerprint density at radius 2 is 0.976 bits per heavy atom. The van der Waals surface area contributed by atoms with Crippen molar-refractivity contribution in [1.82, 2.24) is 0 Å². The van der Waals surface area contributed by atoms with Crippen molar-refractivity contribution in [2.75, 3.05) is 0 Å². The lowest BCUT2D eigenvalue weighted by Crippen LogP contribution is -2.85. The Morgan fingerprint density at radius 3 is 1.50 bits per heavy atom. The summed E-state index contributed by atoms with van der Waals surface area (Å²) in [6, 6.07) is 20.5. The molecule has 0 aliphatic heterocycles. The molecular weight excluding hydrogens is 504 g/mol. The molecule has 0 N–H and O–H groups in total. The smallest absolute Gasteiger partial charge is 0.00332 e. The van der Waals surface area contributed by atoms with E-state index in [-0.39, 0.29) is 0 Å². The minimum absolute atomic E-state index is 0.513. The maximum Gasteiger partial charge on any atom is -0.00332 e. The quantitative estimate of drug-likeness (QED) is 0.189. The van der Waals surface area contributed by atoms with Gasteiger partial charge in [0.2, 0.25) is 0 Å². The van der Waals surface area contributed by atoms with Gasteiger partial charge in [-0.3, -0.25) is 0 Å². The molecule has 9 aliphatic rings. The molecule has 9 fully saturated rings. The molecule has 0 saturated heterocycles. The van der Waals surface area contributed by atoms with E-state index >= 15 is 0 Å². The van der Waals surface area contributed by atoms with Crippen LogP contribution in [0.5, 0.6) is 0 Å². The normalized spacial score (nSPS) is 39.7. The van der Waals surface area contributed by atoms with Crippen molar-refractivity contribution in [3.8, 4) is 0 Å². The third-order valence-electron chi connectivity index (χ3n) is 14.9. The van der Waals surface area contributed by atoms with E-state index in [4.69, 9.17) is 0 Å². The molecule has 0 amide bonds. The second-order valence-electron chi connectivity index (χ2n) is 16.9. The molecule has 2 spiro atoms. The van der Waals surface area contributed by atoms with Crippen molar-refractivity contribution < 1.29 is 0 Å². The van der Waals surface area contributed by atoms with E-state index in [0.717, 1.165) is 23.7 Å². The first kappa shape index (κ1) is 28.0. The summed E-state index contributed by atoms with van der Waals surface area (Å²) in [7, 11) is 0. The number of aryl methyl sites for hydroxylation is 2. The van der Waals surface area contributed by atoms with Crippen molar-refractivity contribution in [2.45, 2.75) is 153 Å². The third-order valence-corrected chi connectivity index (χ3v) is 14.9. The Morgan fingerprint density at radius 1 is 0.500 bits per heavy atom. The summed E-state index contributed by atoms with van der Waals surface area (Å²) in [6.07, 6.45) is 28.7. The van der Waals surface area contributed by atoms with Crippen molar-refractivity contribution >= 4 is 0 Å². The molecule has 42 heavy (non-hydrogen) atoms. The first-order valence-electron chi connectivity index (χ1n) is 18.8. The lowest BCUT2D eigenvalue weighted by atomic mass is 9.13. The molecular formula is C42H58. The van der Waals surface area contributed by atoms with Gasteiger partial charge in [0.15, 0.2) is 0 Å². The molecule has 0 nitrogen and oxygen atoms in total. The predicted molar refractivity (Wildman–Crippen MR) is 177 cm³/mol. The highest BCUT2D eigenvalue weighted by atomic mass is 14.9. The molecule has 8 bridgehead atoms. The summed E-state index contributed by atoms with van der Waals surface area (Å²) >= 11 is 0. The van der Waals surface area contributed by atoms with Crippen LogP contribution in [0, 0.1) is 34.5 Å². The van der Waals surface area contributed by atoms with Crippen molar-refractivity contribution in [3.63, 3.8) is 0 Å². The zero-order valence-electron chi connectivity index (χ0n) is 27.1. The molecule has 0 radical (unpaired) electrons. The highest BCUT2D eigenvalue weighted by Crippen LogP contribution is 2.93. The van der Waals surface area contributed by atoms with Crippen molar-refractivity contribution in [1.29, 1.82) is 0 Å². The first-order valence-corrected chi connectivity index (χ1v) is 18.8. The van der Waals surface area contributed by atoms with Gasteiger partial charge in [0.25, 0.3) is 0 Å². The van der Waals surface area contributed by atoms with Crippen molar-refractivity contribution in [3.05, 3.63) is 70.8 Å². The van der Waals surface area contributed by atoms with Crippen LogP contribution < -0.4 is 0 Å². The van der Waals surface area contributed by atoms with Gasteiger partial charge in [0.05, 0.1) is 0 Å². The molecule has 226 valence electrons. The maximum atomic E-state index is 2.61. The first-order chi connectivity index (χ1) is 20.6. The highest BCUT2D eigenvalue weighted by Gasteiger charge is 2.86. The molecule has 9 aliphatic carbocycles. The van der Waals surface area contributed by atoms with Gasteiger partial charge in [-0.25, -0.2) is 0 Å². The van der Waals surface area contributed by atoms with Gasteiger partial charge < -0.3 is 0 Å². The van der Waals surface area contributed by atoms with Gasteiger partial charge in [-0.15, -0.1) is 0 Å². The van der Waals surface area contributed by atoms with Gasteiger partial charge in [-0.05, 0) is 138 Å². The van der Waals surface area contributed by atoms with E-state index in [0.29, 0.717) is 21.7 Å². The van der Waals surface area contributed by atoms with Gasteiger partial charge in [-0.2, -0.15) is 0 Å². The lowest BCUT2D eigenvalue weighted by Gasteiger charge is -2.91. The number of hydrogen-bond acceptors (Lipinski definition) is 0. The summed E-state index contributed by atoms with van der Waals surface area (Å²) in [5, 5.41) is 0. The van der Waals surface area contributed by atoms with Crippen LogP contribution >= 0.6 is 0 Å². The van der Waals surface area contributed by atoms with Gasteiger partial charge >= 0.3 is 0 Å². The Hall–Kier alpha value is -1.56. The summed E-state index contributed by atoms with van der Waals surface area (Å²) in [5.41, 5.74) is 9.07. The fourth-order valence-corrected chi connectivity index (χ4v) is 13.4. The van der Waals surface area contributed by atoms with E-state index in [9.17, 15) is 0 Å². The Kier molecular flexibility index (Phi) is 7.00. The average Bonchev–Trinajstić information content (AvgIpc) is 3.01. The summed E-state index contributed by atoms with van der Waals surface area (Å²) in [4.78, 5) is 0. The SMILES string of the molecule is CCCCCCCCc1ccc(C23CC4C56CC7(c8ccc(CCCCCCC)cc8)CC([C@H]5C2)[C@@H](C3)C4(C7)C6)cc1.